The summed E-state index contributed by atoms with van der Waals surface area (Å²) in [4.78, 5) is 35.6. The van der Waals surface area contributed by atoms with Crippen LogP contribution in [0.15, 0.2) is 24.4 Å². The molecule has 2 saturated heterocycles. The van der Waals surface area contributed by atoms with E-state index in [9.17, 15) is 9.59 Å². The minimum absolute atomic E-state index is 0.0341. The normalized spacial score (nSPS) is 18.0. The van der Waals surface area contributed by atoms with E-state index in [2.05, 4.69) is 4.98 Å². The maximum absolute atomic E-state index is 13.1. The van der Waals surface area contributed by atoms with Crippen LogP contribution in [0.4, 0.5) is 4.79 Å². The first-order valence-electron chi connectivity index (χ1n) is 9.90. The van der Waals surface area contributed by atoms with Crippen LogP contribution in [0.5, 0.6) is 0 Å². The van der Waals surface area contributed by atoms with E-state index in [0.29, 0.717) is 32.8 Å². The zero-order valence-corrected chi connectivity index (χ0v) is 16.2. The molecular formula is C20H30N4O3. The van der Waals surface area contributed by atoms with Crippen LogP contribution in [0, 0.1) is 5.92 Å². The van der Waals surface area contributed by atoms with Gasteiger partial charge in [-0.3, -0.25) is 9.78 Å². The SMILES string of the molecule is COCCN(Cc1ccccn1)C(=O)C1CCN(C(=O)N2CCCC2)CC1. The van der Waals surface area contributed by atoms with E-state index < -0.39 is 0 Å². The molecule has 2 fully saturated rings. The van der Waals surface area contributed by atoms with Crippen molar-refractivity contribution in [2.75, 3.05) is 46.4 Å². The maximum atomic E-state index is 13.1. The lowest BCUT2D eigenvalue weighted by molar-refractivity contribution is -0.138. The smallest absolute Gasteiger partial charge is 0.319 e. The molecule has 27 heavy (non-hydrogen) atoms. The number of carbonyl (C=O) groups excluding carboxylic acids is 2. The summed E-state index contributed by atoms with van der Waals surface area (Å²) in [6.07, 6.45) is 5.40. The van der Waals surface area contributed by atoms with Crippen molar-refractivity contribution in [3.63, 3.8) is 0 Å². The van der Waals surface area contributed by atoms with Gasteiger partial charge in [-0.15, -0.1) is 0 Å². The summed E-state index contributed by atoms with van der Waals surface area (Å²) in [6, 6.07) is 5.88. The Morgan fingerprint density at radius 2 is 1.85 bits per heavy atom. The molecule has 2 aliphatic heterocycles. The van der Waals surface area contributed by atoms with E-state index in [0.717, 1.165) is 44.5 Å². The van der Waals surface area contributed by atoms with Crippen LogP contribution < -0.4 is 0 Å². The van der Waals surface area contributed by atoms with Gasteiger partial charge in [0.15, 0.2) is 0 Å². The molecule has 7 nitrogen and oxygen atoms in total. The number of amides is 3. The molecule has 0 aromatic carbocycles. The van der Waals surface area contributed by atoms with E-state index in [1.54, 1.807) is 13.3 Å². The third-order valence-corrected chi connectivity index (χ3v) is 5.45. The highest BCUT2D eigenvalue weighted by molar-refractivity contribution is 5.80. The monoisotopic (exact) mass is 374 g/mol. The number of ether oxygens (including phenoxy) is 1. The number of aromatic nitrogens is 1. The van der Waals surface area contributed by atoms with Crippen molar-refractivity contribution < 1.29 is 14.3 Å². The average molecular weight is 374 g/mol. The minimum Gasteiger partial charge on any atom is -0.383 e. The van der Waals surface area contributed by atoms with E-state index in [-0.39, 0.29) is 17.9 Å². The Morgan fingerprint density at radius 1 is 1.15 bits per heavy atom. The summed E-state index contributed by atoms with van der Waals surface area (Å²) >= 11 is 0. The van der Waals surface area contributed by atoms with Crippen LogP contribution in [-0.2, 0) is 16.1 Å². The van der Waals surface area contributed by atoms with Crippen LogP contribution in [0.25, 0.3) is 0 Å². The van der Waals surface area contributed by atoms with E-state index in [1.165, 1.54) is 0 Å². The molecular weight excluding hydrogens is 344 g/mol. The highest BCUT2D eigenvalue weighted by atomic mass is 16.5. The molecule has 148 valence electrons. The summed E-state index contributed by atoms with van der Waals surface area (Å²) in [6.45, 7) is 4.61. The second-order valence-corrected chi connectivity index (χ2v) is 7.31. The lowest BCUT2D eigenvalue weighted by atomic mass is 9.95. The molecule has 0 radical (unpaired) electrons. The van der Waals surface area contributed by atoms with E-state index >= 15 is 0 Å². The third kappa shape index (κ3) is 5.19. The lowest BCUT2D eigenvalue weighted by Gasteiger charge is -2.36. The van der Waals surface area contributed by atoms with Crippen molar-refractivity contribution in [3.05, 3.63) is 30.1 Å². The standard InChI is InChI=1S/C20H30N4O3/c1-27-15-14-24(16-18-6-2-3-9-21-18)19(25)17-7-12-23(13-8-17)20(26)22-10-4-5-11-22/h2-3,6,9,17H,4-5,7-8,10-16H2,1H3. The van der Waals surface area contributed by atoms with Crippen molar-refractivity contribution >= 4 is 11.9 Å². The predicted molar refractivity (Wildman–Crippen MR) is 102 cm³/mol. The Hall–Kier alpha value is -2.15. The number of hydrogen-bond acceptors (Lipinski definition) is 4. The number of carbonyl (C=O) groups is 2. The van der Waals surface area contributed by atoms with Crippen molar-refractivity contribution in [1.29, 1.82) is 0 Å². The van der Waals surface area contributed by atoms with Crippen LogP contribution >= 0.6 is 0 Å². The molecule has 0 bridgehead atoms. The summed E-state index contributed by atoms with van der Waals surface area (Å²) in [5, 5.41) is 0. The van der Waals surface area contributed by atoms with Gasteiger partial charge in [-0.2, -0.15) is 0 Å². The number of pyridine rings is 1. The minimum atomic E-state index is -0.0341. The predicted octanol–water partition coefficient (Wildman–Crippen LogP) is 1.98. The molecule has 1 aromatic heterocycles. The first-order chi connectivity index (χ1) is 13.2. The number of rotatable bonds is 6. The van der Waals surface area contributed by atoms with E-state index in [4.69, 9.17) is 4.74 Å². The van der Waals surface area contributed by atoms with Gasteiger partial charge < -0.3 is 19.4 Å². The first-order valence-corrected chi connectivity index (χ1v) is 9.90. The molecule has 3 heterocycles. The molecule has 0 unspecified atom stereocenters. The fraction of sp³-hybridized carbons (Fsp3) is 0.650. The van der Waals surface area contributed by atoms with Gasteiger partial charge in [0.25, 0.3) is 0 Å². The van der Waals surface area contributed by atoms with Crippen molar-refractivity contribution in [2.45, 2.75) is 32.2 Å². The molecule has 7 heteroatoms. The fourth-order valence-corrected chi connectivity index (χ4v) is 3.84. The quantitative estimate of drug-likeness (QED) is 0.764. The molecule has 0 atom stereocenters. The Balaban J connectivity index is 1.55. The van der Waals surface area contributed by atoms with Gasteiger partial charge in [-0.05, 0) is 37.8 Å². The van der Waals surface area contributed by atoms with Gasteiger partial charge in [0, 0.05) is 51.9 Å². The molecule has 0 saturated carbocycles. The molecule has 3 amide bonds. The van der Waals surface area contributed by atoms with Gasteiger partial charge in [-0.25, -0.2) is 4.79 Å². The zero-order valence-electron chi connectivity index (χ0n) is 16.2. The molecule has 0 aliphatic carbocycles. The van der Waals surface area contributed by atoms with Crippen molar-refractivity contribution in [1.82, 2.24) is 19.7 Å². The Morgan fingerprint density at radius 3 is 2.48 bits per heavy atom. The summed E-state index contributed by atoms with van der Waals surface area (Å²) < 4.78 is 5.18. The van der Waals surface area contributed by atoms with Gasteiger partial charge in [-0.1, -0.05) is 6.07 Å². The van der Waals surface area contributed by atoms with Gasteiger partial charge in [0.1, 0.15) is 0 Å². The van der Waals surface area contributed by atoms with Gasteiger partial charge in [0.05, 0.1) is 18.8 Å². The molecule has 3 rings (SSSR count). The Kier molecular flexibility index (Phi) is 7.04. The second-order valence-electron chi connectivity index (χ2n) is 7.31. The van der Waals surface area contributed by atoms with Crippen molar-refractivity contribution in [3.8, 4) is 0 Å². The van der Waals surface area contributed by atoms with E-state index in [1.807, 2.05) is 32.9 Å². The number of hydrogen-bond donors (Lipinski definition) is 0. The summed E-state index contributed by atoms with van der Waals surface area (Å²) in [5.41, 5.74) is 0.878. The highest BCUT2D eigenvalue weighted by Crippen LogP contribution is 2.22. The number of likely N-dealkylation sites (tertiary alicyclic amines) is 2. The largest absolute Gasteiger partial charge is 0.383 e. The fourth-order valence-electron chi connectivity index (χ4n) is 3.84. The topological polar surface area (TPSA) is 66.0 Å². The van der Waals surface area contributed by atoms with Crippen LogP contribution in [-0.4, -0.2) is 78.1 Å². The molecule has 0 N–H and O–H groups in total. The molecule has 2 aliphatic rings. The van der Waals surface area contributed by atoms with Gasteiger partial charge in [0.2, 0.25) is 5.91 Å². The first kappa shape index (κ1) is 19.6. The number of nitrogens with zero attached hydrogens (tertiary/aromatic N) is 4. The third-order valence-electron chi connectivity index (χ3n) is 5.45. The number of piperidine rings is 1. The summed E-state index contributed by atoms with van der Waals surface area (Å²) in [5.74, 6) is 0.110. The Bertz CT molecular complexity index is 611. The van der Waals surface area contributed by atoms with Crippen LogP contribution in [0.3, 0.4) is 0 Å². The second kappa shape index (κ2) is 9.69. The number of urea groups is 1. The zero-order chi connectivity index (χ0) is 19.1. The highest BCUT2D eigenvalue weighted by Gasteiger charge is 2.32. The average Bonchev–Trinajstić information content (AvgIpc) is 3.26. The lowest BCUT2D eigenvalue weighted by Crippen LogP contribution is -2.48. The van der Waals surface area contributed by atoms with Crippen LogP contribution in [0.2, 0.25) is 0 Å². The van der Waals surface area contributed by atoms with Gasteiger partial charge >= 0.3 is 6.03 Å². The molecule has 0 spiro atoms. The maximum Gasteiger partial charge on any atom is 0.319 e. The summed E-state index contributed by atoms with van der Waals surface area (Å²) in [7, 11) is 1.64. The van der Waals surface area contributed by atoms with Crippen LogP contribution in [0.1, 0.15) is 31.4 Å². The Labute approximate surface area is 161 Å². The molecule has 1 aromatic rings. The number of methoxy groups -OCH3 is 1. The van der Waals surface area contributed by atoms with Crippen molar-refractivity contribution in [2.24, 2.45) is 5.92 Å².